The zero-order valence-electron chi connectivity index (χ0n) is 11.6. The van der Waals surface area contributed by atoms with Crippen LogP contribution in [0.2, 0.25) is 0 Å². The Morgan fingerprint density at radius 2 is 1.95 bits per heavy atom. The van der Waals surface area contributed by atoms with Crippen LogP contribution in [-0.2, 0) is 6.61 Å². The van der Waals surface area contributed by atoms with Crippen molar-refractivity contribution in [2.75, 3.05) is 0 Å². The largest absolute Gasteiger partial charge is 0.489 e. The van der Waals surface area contributed by atoms with Gasteiger partial charge in [-0.3, -0.25) is 10.1 Å². The molecule has 4 nitrogen and oxygen atoms in total. The summed E-state index contributed by atoms with van der Waals surface area (Å²) in [5.41, 5.74) is 8.03. The van der Waals surface area contributed by atoms with Crippen molar-refractivity contribution in [3.05, 3.63) is 65.2 Å². The van der Waals surface area contributed by atoms with Crippen LogP contribution < -0.4 is 15.8 Å². The van der Waals surface area contributed by atoms with E-state index in [0.29, 0.717) is 17.9 Å². The van der Waals surface area contributed by atoms with Gasteiger partial charge in [0.15, 0.2) is 5.11 Å². The van der Waals surface area contributed by atoms with Gasteiger partial charge in [-0.1, -0.05) is 29.8 Å². The van der Waals surface area contributed by atoms with E-state index in [1.807, 2.05) is 25.1 Å². The van der Waals surface area contributed by atoms with Crippen molar-refractivity contribution in [2.24, 2.45) is 5.73 Å². The number of carbonyl (C=O) groups excluding carboxylic acids is 1. The normalized spacial score (nSPS) is 9.95. The van der Waals surface area contributed by atoms with Crippen LogP contribution in [0.3, 0.4) is 0 Å². The average molecular weight is 300 g/mol. The SMILES string of the molecule is Cc1cccc(COc2ccc(C(=O)NC(N)=S)cc2)c1. The molecule has 0 radical (unpaired) electrons. The number of aryl methyl sites for hydroxylation is 1. The first-order valence-electron chi connectivity index (χ1n) is 6.44. The van der Waals surface area contributed by atoms with E-state index in [1.165, 1.54) is 5.56 Å². The molecule has 0 bridgehead atoms. The second kappa shape index (κ2) is 6.85. The first kappa shape index (κ1) is 15.0. The van der Waals surface area contributed by atoms with E-state index in [-0.39, 0.29) is 11.0 Å². The molecule has 0 heterocycles. The highest BCUT2D eigenvalue weighted by molar-refractivity contribution is 7.80. The Balaban J connectivity index is 1.96. The molecule has 5 heteroatoms. The highest BCUT2D eigenvalue weighted by Crippen LogP contribution is 2.14. The molecule has 0 aliphatic rings. The molecular weight excluding hydrogens is 284 g/mol. The summed E-state index contributed by atoms with van der Waals surface area (Å²) in [6, 6.07) is 14.9. The minimum absolute atomic E-state index is 0.0419. The lowest BCUT2D eigenvalue weighted by molar-refractivity contribution is 0.0977. The van der Waals surface area contributed by atoms with Gasteiger partial charge in [0.25, 0.3) is 5.91 Å². The lowest BCUT2D eigenvalue weighted by Gasteiger charge is -2.08. The lowest BCUT2D eigenvalue weighted by Crippen LogP contribution is -2.34. The molecule has 2 aromatic carbocycles. The van der Waals surface area contributed by atoms with Crippen molar-refractivity contribution in [3.8, 4) is 5.75 Å². The van der Waals surface area contributed by atoms with Gasteiger partial charge in [-0.15, -0.1) is 0 Å². The number of carbonyl (C=O) groups is 1. The number of benzene rings is 2. The van der Waals surface area contributed by atoms with E-state index < -0.39 is 0 Å². The summed E-state index contributed by atoms with van der Waals surface area (Å²) < 4.78 is 5.68. The predicted octanol–water partition coefficient (Wildman–Crippen LogP) is 2.55. The number of hydrogen-bond acceptors (Lipinski definition) is 3. The molecule has 0 saturated heterocycles. The minimum atomic E-state index is -0.326. The Morgan fingerprint density at radius 3 is 2.57 bits per heavy atom. The zero-order valence-corrected chi connectivity index (χ0v) is 12.4. The number of amides is 1. The highest BCUT2D eigenvalue weighted by atomic mass is 32.1. The summed E-state index contributed by atoms with van der Waals surface area (Å²) in [7, 11) is 0. The van der Waals surface area contributed by atoms with E-state index in [0.717, 1.165) is 5.56 Å². The molecule has 0 aliphatic carbocycles. The Kier molecular flexibility index (Phi) is 4.90. The number of nitrogens with two attached hydrogens (primary N) is 1. The van der Waals surface area contributed by atoms with Gasteiger partial charge in [0.05, 0.1) is 0 Å². The van der Waals surface area contributed by atoms with Crippen molar-refractivity contribution in [3.63, 3.8) is 0 Å². The molecule has 21 heavy (non-hydrogen) atoms. The molecule has 108 valence electrons. The summed E-state index contributed by atoms with van der Waals surface area (Å²) in [5.74, 6) is 0.371. The molecule has 1 amide bonds. The smallest absolute Gasteiger partial charge is 0.257 e. The summed E-state index contributed by atoms with van der Waals surface area (Å²) in [6.07, 6.45) is 0. The van der Waals surface area contributed by atoms with E-state index in [2.05, 4.69) is 23.6 Å². The third kappa shape index (κ3) is 4.57. The summed E-state index contributed by atoms with van der Waals surface area (Å²) in [4.78, 5) is 11.7. The first-order chi connectivity index (χ1) is 10.0. The Morgan fingerprint density at radius 1 is 1.24 bits per heavy atom. The van der Waals surface area contributed by atoms with Crippen LogP contribution in [0.25, 0.3) is 0 Å². The summed E-state index contributed by atoms with van der Waals surface area (Å²) in [5, 5.41) is 2.33. The Hall–Kier alpha value is -2.40. The van der Waals surface area contributed by atoms with Gasteiger partial charge in [-0.05, 0) is 49.0 Å². The van der Waals surface area contributed by atoms with Gasteiger partial charge in [-0.25, -0.2) is 0 Å². The molecule has 0 saturated carbocycles. The zero-order chi connectivity index (χ0) is 15.2. The van der Waals surface area contributed by atoms with Gasteiger partial charge in [0, 0.05) is 5.56 Å². The topological polar surface area (TPSA) is 64.3 Å². The third-order valence-electron chi connectivity index (χ3n) is 2.84. The molecule has 0 aliphatic heterocycles. The minimum Gasteiger partial charge on any atom is -0.489 e. The molecular formula is C16H16N2O2S. The van der Waals surface area contributed by atoms with E-state index in [1.54, 1.807) is 24.3 Å². The average Bonchev–Trinajstić information content (AvgIpc) is 2.45. The monoisotopic (exact) mass is 300 g/mol. The second-order valence-corrected chi connectivity index (χ2v) is 5.06. The van der Waals surface area contributed by atoms with Gasteiger partial charge in [0.2, 0.25) is 0 Å². The lowest BCUT2D eigenvalue weighted by atomic mass is 10.1. The molecule has 0 unspecified atom stereocenters. The Bertz CT molecular complexity index is 654. The maximum absolute atomic E-state index is 11.7. The van der Waals surface area contributed by atoms with Crippen molar-refractivity contribution < 1.29 is 9.53 Å². The predicted molar refractivity (Wildman–Crippen MR) is 86.2 cm³/mol. The standard InChI is InChI=1S/C16H16N2O2S/c1-11-3-2-4-12(9-11)10-20-14-7-5-13(6-8-14)15(19)18-16(17)21/h2-9H,10H2,1H3,(H3,17,18,19,21). The molecule has 0 spiro atoms. The first-order valence-corrected chi connectivity index (χ1v) is 6.84. The molecule has 3 N–H and O–H groups in total. The maximum atomic E-state index is 11.7. The van der Waals surface area contributed by atoms with Gasteiger partial charge >= 0.3 is 0 Å². The van der Waals surface area contributed by atoms with E-state index >= 15 is 0 Å². The molecule has 0 aromatic heterocycles. The van der Waals surface area contributed by atoms with Crippen molar-refractivity contribution in [1.82, 2.24) is 5.32 Å². The molecule has 0 atom stereocenters. The fourth-order valence-corrected chi connectivity index (χ4v) is 1.95. The van der Waals surface area contributed by atoms with Crippen LogP contribution in [-0.4, -0.2) is 11.0 Å². The van der Waals surface area contributed by atoms with Gasteiger partial charge in [0.1, 0.15) is 12.4 Å². The van der Waals surface area contributed by atoms with E-state index in [9.17, 15) is 4.79 Å². The van der Waals surface area contributed by atoms with Crippen molar-refractivity contribution in [1.29, 1.82) is 0 Å². The van der Waals surface area contributed by atoms with Gasteiger partial charge < -0.3 is 10.5 Å². The van der Waals surface area contributed by atoms with Crippen molar-refractivity contribution >= 4 is 23.2 Å². The summed E-state index contributed by atoms with van der Waals surface area (Å²) >= 11 is 4.62. The quantitative estimate of drug-likeness (QED) is 0.852. The van der Waals surface area contributed by atoms with Crippen LogP contribution in [0, 0.1) is 6.92 Å². The van der Waals surface area contributed by atoms with Crippen LogP contribution >= 0.6 is 12.2 Å². The summed E-state index contributed by atoms with van der Waals surface area (Å²) in [6.45, 7) is 2.53. The molecule has 2 rings (SSSR count). The molecule has 2 aromatic rings. The van der Waals surface area contributed by atoms with Crippen LogP contribution in [0.1, 0.15) is 21.5 Å². The van der Waals surface area contributed by atoms with Crippen LogP contribution in [0.15, 0.2) is 48.5 Å². The van der Waals surface area contributed by atoms with Crippen molar-refractivity contribution in [2.45, 2.75) is 13.5 Å². The Labute approximate surface area is 128 Å². The fraction of sp³-hybridized carbons (Fsp3) is 0.125. The number of nitrogens with one attached hydrogen (secondary N) is 1. The van der Waals surface area contributed by atoms with Gasteiger partial charge in [-0.2, -0.15) is 0 Å². The highest BCUT2D eigenvalue weighted by Gasteiger charge is 2.06. The number of ether oxygens (including phenoxy) is 1. The third-order valence-corrected chi connectivity index (χ3v) is 2.94. The van der Waals surface area contributed by atoms with E-state index in [4.69, 9.17) is 10.5 Å². The van der Waals surface area contributed by atoms with Crippen LogP contribution in [0.4, 0.5) is 0 Å². The maximum Gasteiger partial charge on any atom is 0.257 e. The number of thiocarbonyl (C=S) groups is 1. The fourth-order valence-electron chi connectivity index (χ4n) is 1.86. The molecule has 0 fully saturated rings. The number of hydrogen-bond donors (Lipinski definition) is 2. The number of rotatable bonds is 4. The second-order valence-electron chi connectivity index (χ2n) is 4.62. The van der Waals surface area contributed by atoms with Crippen LogP contribution in [0.5, 0.6) is 5.75 Å².